The highest BCUT2D eigenvalue weighted by molar-refractivity contribution is 6.09. The lowest BCUT2D eigenvalue weighted by Crippen LogP contribution is -1.88. The molecule has 0 aromatic heterocycles. The highest BCUT2D eigenvalue weighted by Crippen LogP contribution is 2.38. The van der Waals surface area contributed by atoms with Crippen LogP contribution in [-0.4, -0.2) is 0 Å². The topological polar surface area (TPSA) is 0 Å². The second-order valence-corrected chi connectivity index (χ2v) is 5.25. The molecule has 0 heterocycles. The molecule has 0 fully saturated rings. The van der Waals surface area contributed by atoms with Crippen LogP contribution in [0.4, 0.5) is 0 Å². The van der Waals surface area contributed by atoms with Crippen LogP contribution in [-0.2, 0) is 6.42 Å². The first kappa shape index (κ1) is 10.0. The summed E-state index contributed by atoms with van der Waals surface area (Å²) in [6.45, 7) is 2.26. The van der Waals surface area contributed by atoms with Crippen molar-refractivity contribution in [2.45, 2.75) is 19.8 Å². The molecule has 0 bridgehead atoms. The molecule has 0 heteroatoms. The minimum absolute atomic E-state index is 1.21. The molecule has 3 aromatic rings. The summed E-state index contributed by atoms with van der Waals surface area (Å²) >= 11 is 0. The Morgan fingerprint density at radius 1 is 0.833 bits per heavy atom. The molecular formula is C18H15+. The summed E-state index contributed by atoms with van der Waals surface area (Å²) in [5.74, 6) is 1.54. The van der Waals surface area contributed by atoms with Crippen molar-refractivity contribution in [2.75, 3.05) is 0 Å². The van der Waals surface area contributed by atoms with Gasteiger partial charge in [0.05, 0.1) is 5.56 Å². The first-order valence-electron chi connectivity index (χ1n) is 6.61. The molecule has 0 atom stereocenters. The Morgan fingerprint density at radius 2 is 1.67 bits per heavy atom. The van der Waals surface area contributed by atoms with E-state index in [9.17, 15) is 0 Å². The van der Waals surface area contributed by atoms with Crippen molar-refractivity contribution >= 4 is 21.5 Å². The predicted octanol–water partition coefficient (Wildman–Crippen LogP) is 4.88. The lowest BCUT2D eigenvalue weighted by atomic mass is 9.95. The van der Waals surface area contributed by atoms with E-state index in [4.69, 9.17) is 0 Å². The normalized spacial score (nSPS) is 14.4. The molecule has 3 aromatic carbocycles. The van der Waals surface area contributed by atoms with E-state index in [0.717, 1.165) is 0 Å². The van der Waals surface area contributed by atoms with Crippen LogP contribution in [0, 0.1) is 5.92 Å². The molecule has 1 aliphatic rings. The van der Waals surface area contributed by atoms with Crippen LogP contribution in [0.15, 0.2) is 48.5 Å². The molecule has 4 rings (SSSR count). The third-order valence-corrected chi connectivity index (χ3v) is 4.25. The van der Waals surface area contributed by atoms with E-state index in [2.05, 4.69) is 55.5 Å². The summed E-state index contributed by atoms with van der Waals surface area (Å²) < 4.78 is 0. The van der Waals surface area contributed by atoms with E-state index < -0.39 is 0 Å². The fourth-order valence-electron chi connectivity index (χ4n) is 3.27. The predicted molar refractivity (Wildman–Crippen MR) is 77.8 cm³/mol. The molecule has 0 spiro atoms. The van der Waals surface area contributed by atoms with Gasteiger partial charge in [-0.3, -0.25) is 0 Å². The Labute approximate surface area is 107 Å². The Balaban J connectivity index is 2.17. The van der Waals surface area contributed by atoms with Gasteiger partial charge in [-0.2, -0.15) is 0 Å². The van der Waals surface area contributed by atoms with Gasteiger partial charge in [0.15, 0.2) is 0 Å². The Bertz CT molecular complexity index is 752. The standard InChI is InChI=1S/C18H15/c1-12-6-8-16-14(12)10-11-17-15-5-3-2-4-13(15)7-9-18(16)17/h2-5,7,9-11H,6,8H2,1H3/q+1. The summed E-state index contributed by atoms with van der Waals surface area (Å²) in [7, 11) is 0. The second-order valence-electron chi connectivity index (χ2n) is 5.25. The van der Waals surface area contributed by atoms with E-state index in [1.165, 1.54) is 39.9 Å². The Hall–Kier alpha value is -1.95. The average Bonchev–Trinajstić information content (AvgIpc) is 2.80. The smallest absolute Gasteiger partial charge is 0.0616 e. The average molecular weight is 231 g/mol. The first-order valence-corrected chi connectivity index (χ1v) is 6.61. The summed E-state index contributed by atoms with van der Waals surface area (Å²) in [6.07, 6.45) is 2.43. The highest BCUT2D eigenvalue weighted by Gasteiger charge is 2.29. The maximum Gasteiger partial charge on any atom is 0.136 e. The number of hydrogen-bond acceptors (Lipinski definition) is 0. The van der Waals surface area contributed by atoms with Crippen molar-refractivity contribution in [1.29, 1.82) is 0 Å². The first-order chi connectivity index (χ1) is 8.84. The zero-order valence-corrected chi connectivity index (χ0v) is 10.5. The molecule has 0 nitrogen and oxygen atoms in total. The minimum Gasteiger partial charge on any atom is -0.0616 e. The van der Waals surface area contributed by atoms with Crippen molar-refractivity contribution in [3.63, 3.8) is 0 Å². The van der Waals surface area contributed by atoms with E-state index in [0.29, 0.717) is 0 Å². The number of fused-ring (bicyclic) bond motifs is 5. The Morgan fingerprint density at radius 3 is 2.61 bits per heavy atom. The third-order valence-electron chi connectivity index (χ3n) is 4.25. The molecular weight excluding hydrogens is 216 g/mol. The molecule has 0 radical (unpaired) electrons. The fourth-order valence-corrected chi connectivity index (χ4v) is 3.27. The van der Waals surface area contributed by atoms with Crippen molar-refractivity contribution < 1.29 is 0 Å². The van der Waals surface area contributed by atoms with Crippen LogP contribution in [0.1, 0.15) is 24.5 Å². The number of rotatable bonds is 0. The third kappa shape index (κ3) is 1.23. The van der Waals surface area contributed by atoms with Crippen LogP contribution in [0.3, 0.4) is 0 Å². The van der Waals surface area contributed by atoms with E-state index in [1.54, 1.807) is 11.5 Å². The Kier molecular flexibility index (Phi) is 1.96. The maximum atomic E-state index is 2.31. The van der Waals surface area contributed by atoms with Crippen molar-refractivity contribution in [1.82, 2.24) is 0 Å². The molecule has 0 N–H and O–H groups in total. The second kappa shape index (κ2) is 3.52. The van der Waals surface area contributed by atoms with Crippen molar-refractivity contribution in [2.24, 2.45) is 0 Å². The van der Waals surface area contributed by atoms with Crippen LogP contribution >= 0.6 is 0 Å². The largest absolute Gasteiger partial charge is 0.136 e. The maximum absolute atomic E-state index is 2.31. The van der Waals surface area contributed by atoms with Gasteiger partial charge in [0, 0.05) is 48.6 Å². The van der Waals surface area contributed by atoms with Crippen molar-refractivity contribution in [3.05, 3.63) is 65.6 Å². The van der Waals surface area contributed by atoms with Gasteiger partial charge in [-0.15, -0.1) is 0 Å². The zero-order chi connectivity index (χ0) is 12.1. The lowest BCUT2D eigenvalue weighted by Gasteiger charge is -2.04. The lowest BCUT2D eigenvalue weighted by molar-refractivity contribution is 0.942. The zero-order valence-electron chi connectivity index (χ0n) is 10.5. The fraction of sp³-hybridized carbons (Fsp3) is 0.167. The van der Waals surface area contributed by atoms with Crippen LogP contribution in [0.25, 0.3) is 21.5 Å². The van der Waals surface area contributed by atoms with E-state index in [1.807, 2.05) is 0 Å². The van der Waals surface area contributed by atoms with Crippen molar-refractivity contribution in [3.8, 4) is 0 Å². The molecule has 86 valence electrons. The SMILES string of the molecule is C[C+]1CCc2c1ccc1c2ccc2ccccc21. The summed E-state index contributed by atoms with van der Waals surface area (Å²) in [4.78, 5) is 0. The van der Waals surface area contributed by atoms with Gasteiger partial charge in [0.1, 0.15) is 5.56 Å². The van der Waals surface area contributed by atoms with E-state index >= 15 is 0 Å². The molecule has 0 unspecified atom stereocenters. The van der Waals surface area contributed by atoms with Crippen LogP contribution in [0.5, 0.6) is 0 Å². The summed E-state index contributed by atoms with van der Waals surface area (Å²) in [5, 5.41) is 5.57. The van der Waals surface area contributed by atoms with Crippen LogP contribution < -0.4 is 0 Å². The minimum atomic E-state index is 1.21. The number of benzene rings is 3. The highest BCUT2D eigenvalue weighted by atomic mass is 14.2. The molecule has 18 heavy (non-hydrogen) atoms. The van der Waals surface area contributed by atoms with Gasteiger partial charge in [-0.05, 0) is 16.8 Å². The molecule has 0 aliphatic heterocycles. The number of aryl methyl sites for hydroxylation is 1. The van der Waals surface area contributed by atoms with Gasteiger partial charge >= 0.3 is 0 Å². The molecule has 1 aliphatic carbocycles. The molecule has 0 saturated carbocycles. The van der Waals surface area contributed by atoms with Gasteiger partial charge in [0.25, 0.3) is 0 Å². The van der Waals surface area contributed by atoms with E-state index in [-0.39, 0.29) is 0 Å². The molecule has 0 amide bonds. The summed E-state index contributed by atoms with van der Waals surface area (Å²) in [6, 6.07) is 17.8. The molecule has 0 saturated heterocycles. The van der Waals surface area contributed by atoms with Gasteiger partial charge in [0.2, 0.25) is 0 Å². The quantitative estimate of drug-likeness (QED) is 0.382. The van der Waals surface area contributed by atoms with Crippen LogP contribution in [0.2, 0.25) is 0 Å². The monoisotopic (exact) mass is 231 g/mol. The number of hydrogen-bond donors (Lipinski definition) is 0. The summed E-state index contributed by atoms with van der Waals surface area (Å²) in [5.41, 5.74) is 3.04. The van der Waals surface area contributed by atoms with Gasteiger partial charge < -0.3 is 0 Å². The van der Waals surface area contributed by atoms with Gasteiger partial charge in [-0.1, -0.05) is 30.3 Å². The van der Waals surface area contributed by atoms with Gasteiger partial charge in [-0.25, -0.2) is 0 Å².